The summed E-state index contributed by atoms with van der Waals surface area (Å²) in [6, 6.07) is 11.9. The first-order valence-corrected chi connectivity index (χ1v) is 16.3. The van der Waals surface area contributed by atoms with Crippen LogP contribution < -0.4 is 25.4 Å². The van der Waals surface area contributed by atoms with E-state index in [9.17, 15) is 4.79 Å². The van der Waals surface area contributed by atoms with Crippen LogP contribution in [0.3, 0.4) is 0 Å². The van der Waals surface area contributed by atoms with Crippen LogP contribution in [0.4, 0.5) is 0 Å². The molecular formula is C34H37Cl2N7O4. The van der Waals surface area contributed by atoms with Crippen LogP contribution in [-0.4, -0.2) is 71.9 Å². The Morgan fingerprint density at radius 1 is 0.830 bits per heavy atom. The van der Waals surface area contributed by atoms with Gasteiger partial charge in [-0.3, -0.25) is 14.8 Å². The Kier molecular flexibility index (Phi) is 10.5. The smallest absolute Gasteiger partial charge is 0.237 e. The van der Waals surface area contributed by atoms with Crippen molar-refractivity contribution < 1.29 is 19.0 Å². The van der Waals surface area contributed by atoms with Crippen LogP contribution >= 0.6 is 23.2 Å². The summed E-state index contributed by atoms with van der Waals surface area (Å²) in [5, 5.41) is 10.7. The van der Waals surface area contributed by atoms with Gasteiger partial charge in [0, 0.05) is 67.5 Å². The van der Waals surface area contributed by atoms with E-state index in [1.807, 2.05) is 36.4 Å². The van der Waals surface area contributed by atoms with Crippen molar-refractivity contribution in [3.05, 3.63) is 70.2 Å². The molecule has 1 atom stereocenters. The maximum Gasteiger partial charge on any atom is 0.237 e. The predicted molar refractivity (Wildman–Crippen MR) is 181 cm³/mol. The number of methoxy groups -OCH3 is 3. The molecule has 1 saturated heterocycles. The normalized spacial score (nSPS) is 18.9. The van der Waals surface area contributed by atoms with Gasteiger partial charge in [0.25, 0.3) is 0 Å². The van der Waals surface area contributed by atoms with Crippen molar-refractivity contribution in [1.29, 1.82) is 0 Å². The average molecular weight is 679 g/mol. The maximum atomic E-state index is 11.5. The highest BCUT2D eigenvalue weighted by atomic mass is 35.5. The van der Waals surface area contributed by atoms with E-state index in [1.165, 1.54) is 0 Å². The quantitative estimate of drug-likeness (QED) is 0.173. The van der Waals surface area contributed by atoms with Crippen LogP contribution in [0.15, 0.2) is 48.8 Å². The van der Waals surface area contributed by atoms with Gasteiger partial charge in [0.15, 0.2) is 0 Å². The lowest BCUT2D eigenvalue weighted by Crippen LogP contribution is -2.44. The molecule has 0 unspecified atom stereocenters. The molecule has 3 N–H and O–H groups in total. The molecule has 1 saturated carbocycles. The average Bonchev–Trinajstić information content (AvgIpc) is 3.49. The van der Waals surface area contributed by atoms with Crippen LogP contribution in [0.2, 0.25) is 10.0 Å². The lowest BCUT2D eigenvalue weighted by atomic mass is 9.89. The Labute approximate surface area is 283 Å². The second-order valence-corrected chi connectivity index (χ2v) is 12.4. The lowest BCUT2D eigenvalue weighted by molar-refractivity contribution is -0.119. The molecule has 6 rings (SSSR count). The topological polar surface area (TPSA) is 132 Å². The predicted octanol–water partition coefficient (Wildman–Crippen LogP) is 5.23. The molecule has 2 aromatic heterocycles. The number of rotatable bonds is 13. The van der Waals surface area contributed by atoms with Crippen molar-refractivity contribution >= 4 is 29.1 Å². The number of carbonyl (C=O) groups is 1. The number of benzene rings is 2. The minimum Gasteiger partial charge on any atom is -0.480 e. The van der Waals surface area contributed by atoms with Gasteiger partial charge in [-0.1, -0.05) is 59.6 Å². The number of hydrogen-bond donors (Lipinski definition) is 3. The van der Waals surface area contributed by atoms with Gasteiger partial charge in [-0.25, -0.2) is 9.97 Å². The number of nitrogens with zero attached hydrogens (tertiary/aromatic N) is 4. The van der Waals surface area contributed by atoms with Crippen LogP contribution in [0.1, 0.15) is 37.1 Å². The number of aromatic nitrogens is 4. The summed E-state index contributed by atoms with van der Waals surface area (Å²) in [6.45, 7) is 1.63. The zero-order chi connectivity index (χ0) is 32.9. The summed E-state index contributed by atoms with van der Waals surface area (Å²) in [4.78, 5) is 30.2. The number of carbonyl (C=O) groups excluding carboxylic acids is 1. The summed E-state index contributed by atoms with van der Waals surface area (Å²) < 4.78 is 16.6. The van der Waals surface area contributed by atoms with Crippen LogP contribution in [0.25, 0.3) is 33.6 Å². The van der Waals surface area contributed by atoms with E-state index in [0.717, 1.165) is 36.1 Å². The fourth-order valence-corrected chi connectivity index (χ4v) is 6.51. The van der Waals surface area contributed by atoms with Crippen LogP contribution in [0, 0.1) is 0 Å². The Hall–Kier alpha value is -3.87. The fourth-order valence-electron chi connectivity index (χ4n) is 5.86. The monoisotopic (exact) mass is 677 g/mol. The SMILES string of the molecule is COc1nc(-c2cccc(-c3cccc(-c4cnc(CNC5CC(OC)C5)c(OC)n4)c3Cl)c2Cl)cnc1CNC[C@@H]1CCC(=O)N1. The number of amides is 1. The molecule has 1 aliphatic carbocycles. The molecule has 0 radical (unpaired) electrons. The molecule has 2 fully saturated rings. The third-order valence-electron chi connectivity index (χ3n) is 8.60. The van der Waals surface area contributed by atoms with E-state index in [0.29, 0.717) is 88.2 Å². The molecule has 47 heavy (non-hydrogen) atoms. The number of nitrogens with one attached hydrogen (secondary N) is 3. The molecule has 4 aromatic rings. The summed E-state index contributed by atoms with van der Waals surface area (Å²) in [7, 11) is 4.89. The van der Waals surface area contributed by atoms with E-state index < -0.39 is 0 Å². The van der Waals surface area contributed by atoms with Gasteiger partial charge in [-0.05, 0) is 19.3 Å². The lowest BCUT2D eigenvalue weighted by Gasteiger charge is -2.34. The first-order chi connectivity index (χ1) is 22.9. The molecule has 0 bridgehead atoms. The van der Waals surface area contributed by atoms with Crippen molar-refractivity contribution in [2.24, 2.45) is 0 Å². The fraction of sp³-hybridized carbons (Fsp3) is 0.382. The zero-order valence-corrected chi connectivity index (χ0v) is 28.0. The summed E-state index contributed by atoms with van der Waals surface area (Å²) in [6.07, 6.45) is 7.03. The second kappa shape index (κ2) is 14.9. The van der Waals surface area contributed by atoms with Crippen molar-refractivity contribution in [3.63, 3.8) is 0 Å². The van der Waals surface area contributed by atoms with E-state index in [-0.39, 0.29) is 11.9 Å². The molecule has 246 valence electrons. The third kappa shape index (κ3) is 7.34. The molecule has 2 aliphatic rings. The number of halogens is 2. The van der Waals surface area contributed by atoms with E-state index in [2.05, 4.69) is 25.9 Å². The third-order valence-corrected chi connectivity index (χ3v) is 9.42. The first-order valence-electron chi connectivity index (χ1n) is 15.5. The summed E-state index contributed by atoms with van der Waals surface area (Å²) in [5.41, 5.74) is 5.39. The molecule has 2 aromatic carbocycles. The van der Waals surface area contributed by atoms with Crippen LogP contribution in [0.5, 0.6) is 11.8 Å². The van der Waals surface area contributed by atoms with Gasteiger partial charge in [0.05, 0.1) is 54.2 Å². The molecule has 1 amide bonds. The molecule has 1 aliphatic heterocycles. The maximum absolute atomic E-state index is 11.5. The minimum absolute atomic E-state index is 0.0857. The molecule has 0 spiro atoms. The highest BCUT2D eigenvalue weighted by Gasteiger charge is 2.29. The van der Waals surface area contributed by atoms with Gasteiger partial charge in [-0.15, -0.1) is 0 Å². The minimum atomic E-state index is 0.0857. The molecule has 3 heterocycles. The first kappa shape index (κ1) is 33.0. The van der Waals surface area contributed by atoms with Gasteiger partial charge in [0.1, 0.15) is 11.4 Å². The second-order valence-electron chi connectivity index (χ2n) is 11.6. The zero-order valence-electron chi connectivity index (χ0n) is 26.5. The Bertz CT molecular complexity index is 1750. The van der Waals surface area contributed by atoms with Gasteiger partial charge in [0.2, 0.25) is 17.7 Å². The molecule has 11 nitrogen and oxygen atoms in total. The van der Waals surface area contributed by atoms with Crippen molar-refractivity contribution in [2.75, 3.05) is 27.9 Å². The number of hydrogen-bond acceptors (Lipinski definition) is 10. The Morgan fingerprint density at radius 3 is 1.89 bits per heavy atom. The highest BCUT2D eigenvalue weighted by molar-refractivity contribution is 6.39. The highest BCUT2D eigenvalue weighted by Crippen LogP contribution is 2.42. The van der Waals surface area contributed by atoms with Crippen molar-refractivity contribution in [3.8, 4) is 45.4 Å². The summed E-state index contributed by atoms with van der Waals surface area (Å²) in [5.74, 6) is 0.920. The summed E-state index contributed by atoms with van der Waals surface area (Å²) >= 11 is 14.1. The molecular weight excluding hydrogens is 641 g/mol. The van der Waals surface area contributed by atoms with Gasteiger partial charge < -0.3 is 30.2 Å². The largest absolute Gasteiger partial charge is 0.480 e. The van der Waals surface area contributed by atoms with Gasteiger partial charge >= 0.3 is 0 Å². The van der Waals surface area contributed by atoms with Crippen LogP contribution in [-0.2, 0) is 22.6 Å². The standard InChI is InChI=1S/C34H37Cl2N7O4/c1-45-21-12-20(13-21)38-18-29-34(47-3)43-27(17-40-29)25-9-5-7-23(32(25)36)22-6-4-8-24(31(22)35)26-16-39-28(33(42-26)46-2)15-37-14-19-10-11-30(44)41-19/h4-9,16-17,19-21,37-38H,10-15,18H2,1-3H3,(H,41,44)/t19-,20?,21?/m0/s1. The molecule has 13 heteroatoms. The van der Waals surface area contributed by atoms with Crippen molar-refractivity contribution in [2.45, 2.75) is 57.0 Å². The van der Waals surface area contributed by atoms with Gasteiger partial charge in [-0.2, -0.15) is 0 Å². The number of ether oxygens (including phenoxy) is 3. The Balaban J connectivity index is 1.21. The van der Waals surface area contributed by atoms with E-state index >= 15 is 0 Å². The Morgan fingerprint density at radius 2 is 1.38 bits per heavy atom. The van der Waals surface area contributed by atoms with E-state index in [1.54, 1.807) is 33.7 Å². The van der Waals surface area contributed by atoms with E-state index in [4.69, 9.17) is 47.4 Å². The van der Waals surface area contributed by atoms with Crippen molar-refractivity contribution in [1.82, 2.24) is 35.9 Å².